The van der Waals surface area contributed by atoms with Crippen LogP contribution in [0.5, 0.6) is 0 Å². The molecule has 19 heavy (non-hydrogen) atoms. The second-order valence-electron chi connectivity index (χ2n) is 5.51. The molecule has 0 fully saturated rings. The van der Waals surface area contributed by atoms with Crippen molar-refractivity contribution < 1.29 is 4.74 Å². The summed E-state index contributed by atoms with van der Waals surface area (Å²) in [5, 5.41) is 16.2. The first-order valence-electron chi connectivity index (χ1n) is 6.07. The van der Waals surface area contributed by atoms with Gasteiger partial charge in [-0.2, -0.15) is 5.26 Å². The zero-order chi connectivity index (χ0) is 14.5. The highest BCUT2D eigenvalue weighted by Crippen LogP contribution is 2.17. The van der Waals surface area contributed by atoms with Crippen LogP contribution in [0, 0.1) is 16.7 Å². The number of imidazole rings is 1. The number of rotatable bonds is 7. The first-order valence-corrected chi connectivity index (χ1v) is 10.2. The Morgan fingerprint density at radius 2 is 2.32 bits per heavy atom. The Labute approximate surface area is 119 Å². The number of nitriles is 1. The van der Waals surface area contributed by atoms with E-state index in [-0.39, 0.29) is 5.17 Å². The maximum atomic E-state index is 9.01. The molecular formula is C12H19ClN4OSi. The lowest BCUT2D eigenvalue weighted by molar-refractivity contribution is 0.0852. The zero-order valence-corrected chi connectivity index (χ0v) is 13.2. The monoisotopic (exact) mass is 298 g/mol. The first kappa shape index (κ1) is 15.9. The molecule has 0 spiro atoms. The molecule has 1 N–H and O–H groups in total. The molecule has 0 saturated heterocycles. The summed E-state index contributed by atoms with van der Waals surface area (Å²) in [4.78, 5) is 4.08. The van der Waals surface area contributed by atoms with Crippen molar-refractivity contribution in [3.63, 3.8) is 0 Å². The van der Waals surface area contributed by atoms with Gasteiger partial charge in [-0.25, -0.2) is 4.98 Å². The lowest BCUT2D eigenvalue weighted by Crippen LogP contribution is -2.22. The third-order valence-electron chi connectivity index (χ3n) is 2.62. The molecule has 1 unspecified atom stereocenters. The summed E-state index contributed by atoms with van der Waals surface area (Å²) in [6, 6.07) is 3.06. The van der Waals surface area contributed by atoms with Crippen molar-refractivity contribution in [3.05, 3.63) is 18.2 Å². The second kappa shape index (κ2) is 6.85. The first-order chi connectivity index (χ1) is 8.85. The SMILES string of the molecule is C[Si](C)(C)CCOCn1ccnc1C(C#N)C(=N)Cl. The number of halogens is 1. The quantitative estimate of drug-likeness (QED) is 0.477. The third-order valence-corrected chi connectivity index (χ3v) is 4.54. The summed E-state index contributed by atoms with van der Waals surface area (Å²) < 4.78 is 7.32. The fourth-order valence-corrected chi connectivity index (χ4v) is 2.36. The Bertz CT molecular complexity index is 475. The fraction of sp³-hybridized carbons (Fsp3) is 0.583. The van der Waals surface area contributed by atoms with Gasteiger partial charge in [0.05, 0.1) is 6.07 Å². The molecule has 1 atom stereocenters. The molecule has 1 aromatic heterocycles. The average molecular weight is 299 g/mol. The summed E-state index contributed by atoms with van der Waals surface area (Å²) >= 11 is 5.60. The molecule has 0 amide bonds. The minimum absolute atomic E-state index is 0.225. The molecule has 1 heterocycles. The van der Waals surface area contributed by atoms with Crippen molar-refractivity contribution in [3.8, 4) is 6.07 Å². The Hall–Kier alpha value is -1.16. The number of nitrogens with one attached hydrogen (secondary N) is 1. The van der Waals surface area contributed by atoms with E-state index in [0.717, 1.165) is 6.04 Å². The van der Waals surface area contributed by atoms with Gasteiger partial charge in [0.15, 0.2) is 5.92 Å². The van der Waals surface area contributed by atoms with E-state index in [1.54, 1.807) is 17.0 Å². The largest absolute Gasteiger partial charge is 0.361 e. The van der Waals surface area contributed by atoms with Gasteiger partial charge in [0.25, 0.3) is 0 Å². The fourth-order valence-electron chi connectivity index (χ4n) is 1.46. The van der Waals surface area contributed by atoms with Gasteiger partial charge in [0.1, 0.15) is 17.7 Å². The van der Waals surface area contributed by atoms with Crippen molar-refractivity contribution in [1.29, 1.82) is 10.7 Å². The number of hydrogen-bond acceptors (Lipinski definition) is 4. The molecule has 104 valence electrons. The van der Waals surface area contributed by atoms with E-state index < -0.39 is 14.0 Å². The van der Waals surface area contributed by atoms with E-state index in [1.807, 2.05) is 6.07 Å². The van der Waals surface area contributed by atoms with E-state index in [2.05, 4.69) is 24.6 Å². The van der Waals surface area contributed by atoms with Gasteiger partial charge in [0.2, 0.25) is 0 Å². The highest BCUT2D eigenvalue weighted by atomic mass is 35.5. The van der Waals surface area contributed by atoms with Crippen LogP contribution in [-0.2, 0) is 11.5 Å². The van der Waals surface area contributed by atoms with E-state index in [1.165, 1.54) is 0 Å². The molecule has 1 rings (SSSR count). The molecule has 0 bridgehead atoms. The molecule has 5 nitrogen and oxygen atoms in total. The molecule has 0 aromatic carbocycles. The van der Waals surface area contributed by atoms with Gasteiger partial charge in [-0.3, -0.25) is 5.41 Å². The molecule has 0 aliphatic heterocycles. The Morgan fingerprint density at radius 1 is 1.63 bits per heavy atom. The van der Waals surface area contributed by atoms with Crippen molar-refractivity contribution in [2.75, 3.05) is 6.61 Å². The Balaban J connectivity index is 2.59. The van der Waals surface area contributed by atoms with E-state index >= 15 is 0 Å². The minimum atomic E-state index is -1.10. The minimum Gasteiger partial charge on any atom is -0.361 e. The molecule has 0 aliphatic rings. The summed E-state index contributed by atoms with van der Waals surface area (Å²) in [5.74, 6) is -0.368. The number of hydrogen-bond donors (Lipinski definition) is 1. The predicted octanol–water partition coefficient (Wildman–Crippen LogP) is 3.02. The predicted molar refractivity (Wildman–Crippen MR) is 78.3 cm³/mol. The van der Waals surface area contributed by atoms with Crippen LogP contribution >= 0.6 is 11.6 Å². The van der Waals surface area contributed by atoms with Crippen LogP contribution in [0.2, 0.25) is 25.7 Å². The standard InChI is InChI=1S/C12H19ClN4OSi/c1-19(2,3)7-6-18-9-17-5-4-16-12(17)10(8-14)11(13)15/h4-5,10,15H,6-7,9H2,1-3H3. The van der Waals surface area contributed by atoms with Crippen LogP contribution in [0.4, 0.5) is 0 Å². The third kappa shape index (κ3) is 5.15. The van der Waals surface area contributed by atoms with Gasteiger partial charge in [-0.05, 0) is 6.04 Å². The van der Waals surface area contributed by atoms with Crippen LogP contribution < -0.4 is 0 Å². The van der Waals surface area contributed by atoms with Crippen molar-refractivity contribution in [2.24, 2.45) is 0 Å². The maximum Gasteiger partial charge on any atom is 0.156 e. The van der Waals surface area contributed by atoms with Crippen molar-refractivity contribution >= 4 is 24.8 Å². The highest BCUT2D eigenvalue weighted by molar-refractivity contribution is 6.76. The van der Waals surface area contributed by atoms with Crippen LogP contribution in [0.25, 0.3) is 0 Å². The Morgan fingerprint density at radius 3 is 2.84 bits per heavy atom. The summed E-state index contributed by atoms with van der Waals surface area (Å²) in [6.45, 7) is 7.91. The maximum absolute atomic E-state index is 9.01. The highest BCUT2D eigenvalue weighted by Gasteiger charge is 2.20. The molecule has 1 aromatic rings. The van der Waals surface area contributed by atoms with Crippen molar-refractivity contribution in [2.45, 2.75) is 38.3 Å². The summed E-state index contributed by atoms with van der Waals surface area (Å²) in [7, 11) is -1.10. The topological polar surface area (TPSA) is 74.7 Å². The number of ether oxygens (including phenoxy) is 1. The van der Waals surface area contributed by atoms with E-state index in [4.69, 9.17) is 27.0 Å². The number of aromatic nitrogens is 2. The zero-order valence-electron chi connectivity index (χ0n) is 11.5. The van der Waals surface area contributed by atoms with E-state index in [0.29, 0.717) is 19.2 Å². The molecule has 7 heteroatoms. The van der Waals surface area contributed by atoms with Gasteiger partial charge in [-0.15, -0.1) is 0 Å². The van der Waals surface area contributed by atoms with Crippen LogP contribution in [-0.4, -0.2) is 29.4 Å². The van der Waals surface area contributed by atoms with Gasteiger partial charge in [-0.1, -0.05) is 31.2 Å². The van der Waals surface area contributed by atoms with Gasteiger partial charge >= 0.3 is 0 Å². The van der Waals surface area contributed by atoms with Gasteiger partial charge < -0.3 is 9.30 Å². The smallest absolute Gasteiger partial charge is 0.156 e. The second-order valence-corrected chi connectivity index (χ2v) is 11.5. The summed E-state index contributed by atoms with van der Waals surface area (Å²) in [5.41, 5.74) is 0. The van der Waals surface area contributed by atoms with Crippen LogP contribution in [0.15, 0.2) is 12.4 Å². The molecule has 0 radical (unpaired) electrons. The lowest BCUT2D eigenvalue weighted by atomic mass is 10.2. The number of nitrogens with zero attached hydrogens (tertiary/aromatic N) is 3. The molecular weight excluding hydrogens is 280 g/mol. The van der Waals surface area contributed by atoms with Crippen molar-refractivity contribution in [1.82, 2.24) is 9.55 Å². The molecule has 0 aliphatic carbocycles. The normalized spacial score (nSPS) is 13.0. The van der Waals surface area contributed by atoms with E-state index in [9.17, 15) is 0 Å². The molecule has 0 saturated carbocycles. The van der Waals surface area contributed by atoms with Crippen LogP contribution in [0.1, 0.15) is 11.7 Å². The average Bonchev–Trinajstić information content (AvgIpc) is 2.72. The summed E-state index contributed by atoms with van der Waals surface area (Å²) in [6.07, 6.45) is 3.31. The van der Waals surface area contributed by atoms with Crippen LogP contribution in [0.3, 0.4) is 0 Å². The lowest BCUT2D eigenvalue weighted by Gasteiger charge is -2.16. The van der Waals surface area contributed by atoms with Gasteiger partial charge in [0, 0.05) is 27.1 Å². The Kier molecular flexibility index (Phi) is 5.73.